The minimum absolute atomic E-state index is 0.0919. The molecular formula is C21H21N3O5P+. The van der Waals surface area contributed by atoms with Gasteiger partial charge < -0.3 is 9.30 Å². The summed E-state index contributed by atoms with van der Waals surface area (Å²) in [6.45, 7) is 3.02. The normalized spacial score (nSPS) is 13.8. The van der Waals surface area contributed by atoms with Crippen LogP contribution in [-0.4, -0.2) is 43.9 Å². The Bertz CT molecular complexity index is 1120. The number of fused-ring (bicyclic) bond motifs is 2. The van der Waals surface area contributed by atoms with Crippen LogP contribution in [0.25, 0.3) is 11.0 Å². The summed E-state index contributed by atoms with van der Waals surface area (Å²) in [6, 6.07) is 12.3. The van der Waals surface area contributed by atoms with E-state index in [1.54, 1.807) is 30.3 Å². The highest BCUT2D eigenvalue weighted by Crippen LogP contribution is 2.27. The molecule has 2 heterocycles. The van der Waals surface area contributed by atoms with Gasteiger partial charge in [0.1, 0.15) is 11.6 Å². The third-order valence-corrected chi connectivity index (χ3v) is 5.75. The van der Waals surface area contributed by atoms with Gasteiger partial charge in [-0.2, -0.15) is 4.89 Å². The summed E-state index contributed by atoms with van der Waals surface area (Å²) < 4.78 is 18.4. The Balaban J connectivity index is 1.57. The van der Waals surface area contributed by atoms with E-state index in [4.69, 9.17) is 9.63 Å². The van der Waals surface area contributed by atoms with E-state index >= 15 is 0 Å². The van der Waals surface area contributed by atoms with Gasteiger partial charge in [-0.25, -0.2) is 4.98 Å². The van der Waals surface area contributed by atoms with Gasteiger partial charge in [-0.1, -0.05) is 12.1 Å². The number of ether oxygens (including phenoxy) is 1. The highest BCUT2D eigenvalue weighted by molar-refractivity contribution is 7.37. The molecule has 9 heteroatoms. The molecule has 1 aliphatic heterocycles. The first-order valence-corrected chi connectivity index (χ1v) is 11.1. The smallest absolute Gasteiger partial charge is 0.493 e. The van der Waals surface area contributed by atoms with Crippen LogP contribution in [-0.2, 0) is 17.7 Å². The lowest BCUT2D eigenvalue weighted by Crippen LogP contribution is -2.30. The van der Waals surface area contributed by atoms with Crippen LogP contribution in [0.2, 0.25) is 0 Å². The molecule has 0 fully saturated rings. The predicted octanol–water partition coefficient (Wildman–Crippen LogP) is 3.36. The van der Waals surface area contributed by atoms with Gasteiger partial charge in [0.05, 0.1) is 35.3 Å². The molecule has 154 valence electrons. The zero-order chi connectivity index (χ0) is 21.3. The number of hydrogen-bond donors (Lipinski definition) is 1. The van der Waals surface area contributed by atoms with Crippen molar-refractivity contribution in [1.82, 2.24) is 14.5 Å². The van der Waals surface area contributed by atoms with E-state index < -0.39 is 8.03 Å². The van der Waals surface area contributed by atoms with E-state index in [9.17, 15) is 14.2 Å². The molecule has 1 unspecified atom stereocenters. The van der Waals surface area contributed by atoms with Crippen LogP contribution in [0, 0.1) is 0 Å². The number of rotatable bonds is 8. The Morgan fingerprint density at radius 1 is 1.10 bits per heavy atom. The Morgan fingerprint density at radius 3 is 2.43 bits per heavy atom. The number of hydrogen-bond acceptors (Lipinski definition) is 5. The highest BCUT2D eigenvalue weighted by atomic mass is 31.1. The summed E-state index contributed by atoms with van der Waals surface area (Å²) in [5.74, 6) is 0.641. The molecule has 0 spiro atoms. The lowest BCUT2D eigenvalue weighted by atomic mass is 10.1. The third-order valence-electron chi connectivity index (χ3n) is 5.06. The van der Waals surface area contributed by atoms with Crippen molar-refractivity contribution < 1.29 is 23.8 Å². The predicted molar refractivity (Wildman–Crippen MR) is 111 cm³/mol. The average molecular weight is 426 g/mol. The molecule has 0 radical (unpaired) electrons. The van der Waals surface area contributed by atoms with E-state index in [2.05, 4.69) is 4.98 Å². The Morgan fingerprint density at radius 2 is 1.80 bits per heavy atom. The van der Waals surface area contributed by atoms with Crippen molar-refractivity contribution in [1.29, 1.82) is 0 Å². The maximum Gasteiger partial charge on any atom is 0.505 e. The minimum Gasteiger partial charge on any atom is -0.493 e. The van der Waals surface area contributed by atoms with Crippen molar-refractivity contribution in [3.8, 4) is 5.75 Å². The minimum atomic E-state index is -2.15. The summed E-state index contributed by atoms with van der Waals surface area (Å²) in [4.78, 5) is 40.1. The average Bonchev–Trinajstić information content (AvgIpc) is 3.21. The molecule has 1 aromatic heterocycles. The van der Waals surface area contributed by atoms with Crippen LogP contribution >= 0.6 is 8.03 Å². The van der Waals surface area contributed by atoms with Gasteiger partial charge in [0.15, 0.2) is 6.16 Å². The first kappa shape index (κ1) is 20.2. The van der Waals surface area contributed by atoms with Crippen LogP contribution < -0.4 is 4.74 Å². The highest BCUT2D eigenvalue weighted by Gasteiger charge is 2.36. The topological polar surface area (TPSA) is 102 Å². The molecule has 0 saturated carbocycles. The largest absolute Gasteiger partial charge is 0.505 e. The Kier molecular flexibility index (Phi) is 5.61. The second kappa shape index (κ2) is 8.34. The maximum absolute atomic E-state index is 12.7. The first-order chi connectivity index (χ1) is 14.5. The number of carbonyl (C=O) groups excluding carboxylic acids is 2. The van der Waals surface area contributed by atoms with Crippen molar-refractivity contribution in [2.75, 3.05) is 12.8 Å². The zero-order valence-electron chi connectivity index (χ0n) is 16.4. The quantitative estimate of drug-likeness (QED) is 0.337. The third kappa shape index (κ3) is 3.72. The second-order valence-electron chi connectivity index (χ2n) is 6.94. The number of imidazole rings is 1. The fourth-order valence-electron chi connectivity index (χ4n) is 3.63. The zero-order valence-corrected chi connectivity index (χ0v) is 17.3. The van der Waals surface area contributed by atoms with Crippen molar-refractivity contribution in [2.45, 2.75) is 26.4 Å². The summed E-state index contributed by atoms with van der Waals surface area (Å²) in [6.07, 6.45) is 0.691. The van der Waals surface area contributed by atoms with Gasteiger partial charge in [0.25, 0.3) is 11.8 Å². The van der Waals surface area contributed by atoms with Gasteiger partial charge in [0, 0.05) is 19.0 Å². The molecule has 8 nitrogen and oxygen atoms in total. The molecule has 0 saturated heterocycles. The van der Waals surface area contributed by atoms with E-state index in [-0.39, 0.29) is 24.5 Å². The van der Waals surface area contributed by atoms with E-state index in [0.717, 1.165) is 11.0 Å². The first-order valence-electron chi connectivity index (χ1n) is 9.70. The van der Waals surface area contributed by atoms with Crippen LogP contribution in [0.4, 0.5) is 0 Å². The molecule has 30 heavy (non-hydrogen) atoms. The number of nitrogens with zero attached hydrogens (tertiary/aromatic N) is 3. The molecule has 4 rings (SSSR count). The molecule has 1 N–H and O–H groups in total. The molecule has 3 aromatic rings. The molecule has 0 bridgehead atoms. The number of aromatic nitrogens is 2. The second-order valence-corrected chi connectivity index (χ2v) is 8.09. The lowest BCUT2D eigenvalue weighted by Gasteiger charge is -2.14. The van der Waals surface area contributed by atoms with Crippen LogP contribution in [0.3, 0.4) is 0 Å². The molecular weight excluding hydrogens is 405 g/mol. The summed E-state index contributed by atoms with van der Waals surface area (Å²) in [7, 11) is -2.15. The monoisotopic (exact) mass is 426 g/mol. The summed E-state index contributed by atoms with van der Waals surface area (Å²) in [5, 5.41) is 0. The molecule has 1 aliphatic rings. The fourth-order valence-corrected chi connectivity index (χ4v) is 4.03. The SMILES string of the molecule is CCn1c(CN2C(=O)c3ccccc3C2=O)nc2ccc(OCCC[P+](=O)O)cc21. The van der Waals surface area contributed by atoms with Gasteiger partial charge in [-0.05, 0) is 35.8 Å². The van der Waals surface area contributed by atoms with E-state index in [1.165, 1.54) is 4.90 Å². The number of aryl methyl sites for hydroxylation is 1. The van der Waals surface area contributed by atoms with Crippen LogP contribution in [0.5, 0.6) is 5.75 Å². The van der Waals surface area contributed by atoms with Gasteiger partial charge in [-0.3, -0.25) is 14.5 Å². The van der Waals surface area contributed by atoms with Crippen molar-refractivity contribution in [3.05, 3.63) is 59.4 Å². The maximum atomic E-state index is 12.7. The number of carbonyl (C=O) groups is 2. The summed E-state index contributed by atoms with van der Waals surface area (Å²) in [5.41, 5.74) is 2.42. The standard InChI is InChI=1S/C21H20N3O5P/c1-2-23-18-12-14(29-10-5-11-30(27)28)8-9-17(18)22-19(23)13-24-20(25)15-6-3-4-7-16(15)21(24)26/h3-4,6-9,12H,2,5,10-11,13H2,1H3/p+1. The van der Waals surface area contributed by atoms with Crippen molar-refractivity contribution in [3.63, 3.8) is 0 Å². The van der Waals surface area contributed by atoms with Crippen LogP contribution in [0.15, 0.2) is 42.5 Å². The molecule has 2 aromatic carbocycles. The molecule has 2 amide bonds. The van der Waals surface area contributed by atoms with Crippen molar-refractivity contribution >= 4 is 30.9 Å². The van der Waals surface area contributed by atoms with Gasteiger partial charge in [-0.15, -0.1) is 0 Å². The number of amides is 2. The number of imide groups is 1. The fraction of sp³-hybridized carbons (Fsp3) is 0.286. The van der Waals surface area contributed by atoms with Crippen LogP contribution in [0.1, 0.15) is 39.9 Å². The number of benzene rings is 2. The molecule has 0 aliphatic carbocycles. The van der Waals surface area contributed by atoms with E-state index in [1.807, 2.05) is 23.6 Å². The lowest BCUT2D eigenvalue weighted by molar-refractivity contribution is 0.0637. The molecule has 1 atom stereocenters. The Hall–Kier alpha value is -3.09. The van der Waals surface area contributed by atoms with Gasteiger partial charge in [0.2, 0.25) is 0 Å². The Labute approximate surface area is 174 Å². The van der Waals surface area contributed by atoms with Crippen molar-refractivity contribution in [2.24, 2.45) is 0 Å². The van der Waals surface area contributed by atoms with E-state index in [0.29, 0.717) is 42.3 Å². The van der Waals surface area contributed by atoms with Gasteiger partial charge >= 0.3 is 8.03 Å². The summed E-state index contributed by atoms with van der Waals surface area (Å²) >= 11 is 0.